The molecule has 1 atom stereocenters. The van der Waals surface area contributed by atoms with Crippen LogP contribution in [0.15, 0.2) is 52.7 Å². The van der Waals surface area contributed by atoms with Crippen LogP contribution in [0.25, 0.3) is 10.1 Å². The molecule has 3 aromatic rings. The maximum atomic E-state index is 13.2. The molecule has 3 N–H and O–H groups in total. The Morgan fingerprint density at radius 2 is 2.06 bits per heavy atom. The molecule has 0 saturated carbocycles. The van der Waals surface area contributed by atoms with Crippen LogP contribution < -0.4 is 5.73 Å². The van der Waals surface area contributed by atoms with Gasteiger partial charge in [0.2, 0.25) is 5.91 Å². The van der Waals surface area contributed by atoms with Gasteiger partial charge in [0.25, 0.3) is 10.0 Å². The molecule has 1 aliphatic rings. The molecule has 162 valence electrons. The molecule has 10 heteroatoms. The van der Waals surface area contributed by atoms with Crippen LogP contribution in [0.5, 0.6) is 0 Å². The summed E-state index contributed by atoms with van der Waals surface area (Å²) >= 11 is 7.18. The quantitative estimate of drug-likeness (QED) is 0.420. The average Bonchev–Trinajstić information content (AvgIpc) is 3.31. The van der Waals surface area contributed by atoms with Crippen molar-refractivity contribution in [1.82, 2.24) is 9.21 Å². The van der Waals surface area contributed by atoms with Crippen molar-refractivity contribution in [3.05, 3.63) is 64.7 Å². The number of nitrogen functional groups attached to an aromatic ring is 1. The van der Waals surface area contributed by atoms with Gasteiger partial charge in [0.15, 0.2) is 0 Å². The van der Waals surface area contributed by atoms with Crippen LogP contribution in [-0.2, 0) is 21.4 Å². The van der Waals surface area contributed by atoms with Crippen LogP contribution in [0, 0.1) is 5.41 Å². The standard InChI is InChI=1S/C21H21ClN4O3S2/c1-25(31(28,29)19-11-15-10-16(22)5-6-18(15)30-19)17-7-8-26(21(17)27)12-13-3-2-4-14(9-13)20(23)24/h2-6,9-11,17H,7-8,12H2,1H3,(H3,23,24)/t17-/m0/s1. The highest BCUT2D eigenvalue weighted by atomic mass is 35.5. The van der Waals surface area contributed by atoms with Crippen LogP contribution >= 0.6 is 22.9 Å². The number of sulfonamides is 1. The molecular weight excluding hydrogens is 456 g/mol. The maximum Gasteiger partial charge on any atom is 0.253 e. The van der Waals surface area contributed by atoms with E-state index in [1.54, 1.807) is 47.4 Å². The number of fused-ring (bicyclic) bond motifs is 1. The Balaban J connectivity index is 1.53. The van der Waals surface area contributed by atoms with Crippen molar-refractivity contribution in [2.24, 2.45) is 5.73 Å². The first-order chi connectivity index (χ1) is 14.7. The van der Waals surface area contributed by atoms with Gasteiger partial charge < -0.3 is 10.6 Å². The van der Waals surface area contributed by atoms with E-state index < -0.39 is 16.1 Å². The highest BCUT2D eigenvalue weighted by Crippen LogP contribution is 2.34. The predicted molar refractivity (Wildman–Crippen MR) is 123 cm³/mol. The summed E-state index contributed by atoms with van der Waals surface area (Å²) < 4.78 is 28.6. The molecule has 0 bridgehead atoms. The molecule has 1 saturated heterocycles. The smallest absolute Gasteiger partial charge is 0.253 e. The highest BCUT2D eigenvalue weighted by molar-refractivity contribution is 7.91. The van der Waals surface area contributed by atoms with Gasteiger partial charge in [-0.3, -0.25) is 10.2 Å². The van der Waals surface area contributed by atoms with E-state index >= 15 is 0 Å². The van der Waals surface area contributed by atoms with Crippen molar-refractivity contribution in [3.8, 4) is 0 Å². The van der Waals surface area contributed by atoms with Gasteiger partial charge in [0.1, 0.15) is 16.1 Å². The Labute approximate surface area is 189 Å². The summed E-state index contributed by atoms with van der Waals surface area (Å²) in [5.74, 6) is -0.272. The van der Waals surface area contributed by atoms with Crippen molar-refractivity contribution in [2.45, 2.75) is 23.2 Å². The molecular formula is C21H21ClN4O3S2. The zero-order valence-corrected chi connectivity index (χ0v) is 19.1. The fourth-order valence-corrected chi connectivity index (χ4v) is 6.79. The van der Waals surface area contributed by atoms with Crippen molar-refractivity contribution in [3.63, 3.8) is 0 Å². The second-order valence-corrected chi connectivity index (χ2v) is 11.2. The van der Waals surface area contributed by atoms with Gasteiger partial charge in [0.05, 0.1) is 0 Å². The summed E-state index contributed by atoms with van der Waals surface area (Å²) in [6.45, 7) is 0.793. The first-order valence-electron chi connectivity index (χ1n) is 9.56. The number of thiophene rings is 1. The Morgan fingerprint density at radius 1 is 1.29 bits per heavy atom. The third-order valence-corrected chi connectivity index (χ3v) is 9.08. The van der Waals surface area contributed by atoms with Crippen LogP contribution in [-0.4, -0.2) is 49.0 Å². The van der Waals surface area contributed by atoms with E-state index in [0.29, 0.717) is 30.1 Å². The Morgan fingerprint density at radius 3 is 2.81 bits per heavy atom. The number of amides is 1. The van der Waals surface area contributed by atoms with E-state index in [9.17, 15) is 13.2 Å². The molecule has 0 radical (unpaired) electrons. The number of rotatable bonds is 6. The largest absolute Gasteiger partial charge is 0.384 e. The summed E-state index contributed by atoms with van der Waals surface area (Å²) in [6.07, 6.45) is 0.414. The molecule has 0 aliphatic carbocycles. The number of likely N-dealkylation sites (N-methyl/N-ethyl adjacent to an activating group) is 1. The van der Waals surface area contributed by atoms with Crippen LogP contribution in [0.2, 0.25) is 5.02 Å². The lowest BCUT2D eigenvalue weighted by Crippen LogP contribution is -2.42. The molecule has 1 amide bonds. The van der Waals surface area contributed by atoms with Crippen molar-refractivity contribution < 1.29 is 13.2 Å². The fourth-order valence-electron chi connectivity index (χ4n) is 3.70. The van der Waals surface area contributed by atoms with Gasteiger partial charge in [-0.05, 0) is 47.7 Å². The van der Waals surface area contributed by atoms with Crippen molar-refractivity contribution in [1.29, 1.82) is 5.41 Å². The second kappa shape index (κ2) is 8.23. The summed E-state index contributed by atoms with van der Waals surface area (Å²) in [6, 6.07) is 13.2. The van der Waals surface area contributed by atoms with E-state index in [1.807, 2.05) is 6.07 Å². The monoisotopic (exact) mass is 476 g/mol. The van der Waals surface area contributed by atoms with E-state index in [4.69, 9.17) is 22.7 Å². The lowest BCUT2D eigenvalue weighted by Gasteiger charge is -2.23. The summed E-state index contributed by atoms with van der Waals surface area (Å²) in [7, 11) is -2.37. The number of carbonyl (C=O) groups excluding carboxylic acids is 1. The zero-order chi connectivity index (χ0) is 22.3. The normalized spacial score (nSPS) is 17.1. The second-order valence-electron chi connectivity index (χ2n) is 7.45. The number of nitrogens with zero attached hydrogens (tertiary/aromatic N) is 2. The summed E-state index contributed by atoms with van der Waals surface area (Å²) in [4.78, 5) is 14.6. The van der Waals surface area contributed by atoms with Gasteiger partial charge in [-0.2, -0.15) is 4.31 Å². The van der Waals surface area contributed by atoms with E-state index in [1.165, 1.54) is 11.4 Å². The topological polar surface area (TPSA) is 108 Å². The molecule has 31 heavy (non-hydrogen) atoms. The van der Waals surface area contributed by atoms with Crippen LogP contribution in [0.3, 0.4) is 0 Å². The first kappa shape index (κ1) is 21.8. The van der Waals surface area contributed by atoms with E-state index in [-0.39, 0.29) is 16.0 Å². The minimum Gasteiger partial charge on any atom is -0.384 e. The molecule has 2 heterocycles. The highest BCUT2D eigenvalue weighted by Gasteiger charge is 2.40. The number of amidine groups is 1. The molecule has 4 rings (SSSR count). The fraction of sp³-hybridized carbons (Fsp3) is 0.238. The van der Waals surface area contributed by atoms with Gasteiger partial charge in [-0.15, -0.1) is 11.3 Å². The first-order valence-corrected chi connectivity index (χ1v) is 12.2. The molecule has 2 aromatic carbocycles. The Hall–Kier alpha value is -2.46. The zero-order valence-electron chi connectivity index (χ0n) is 16.7. The SMILES string of the molecule is CN([C@H]1CCN(Cc2cccc(C(=N)N)c2)C1=O)S(=O)(=O)c1cc2cc(Cl)ccc2s1. The number of halogens is 1. The minimum atomic E-state index is -3.83. The number of carbonyl (C=O) groups is 1. The van der Waals surface area contributed by atoms with Gasteiger partial charge in [0, 0.05) is 35.4 Å². The van der Waals surface area contributed by atoms with Crippen LogP contribution in [0.1, 0.15) is 17.5 Å². The minimum absolute atomic E-state index is 0.0390. The van der Waals surface area contributed by atoms with Gasteiger partial charge in [-0.1, -0.05) is 29.8 Å². The molecule has 7 nitrogen and oxygen atoms in total. The average molecular weight is 477 g/mol. The summed E-state index contributed by atoms with van der Waals surface area (Å²) in [5, 5.41) is 8.86. The number of likely N-dealkylation sites (tertiary alicyclic amines) is 1. The van der Waals surface area contributed by atoms with Crippen molar-refractivity contribution in [2.75, 3.05) is 13.6 Å². The van der Waals surface area contributed by atoms with E-state index in [2.05, 4.69) is 0 Å². The number of benzene rings is 2. The lowest BCUT2D eigenvalue weighted by atomic mass is 10.1. The van der Waals surface area contributed by atoms with Gasteiger partial charge in [-0.25, -0.2) is 8.42 Å². The summed E-state index contributed by atoms with van der Waals surface area (Å²) in [5.41, 5.74) is 6.97. The van der Waals surface area contributed by atoms with Gasteiger partial charge >= 0.3 is 0 Å². The van der Waals surface area contributed by atoms with Crippen LogP contribution in [0.4, 0.5) is 0 Å². The third kappa shape index (κ3) is 4.18. The number of hydrogen-bond acceptors (Lipinski definition) is 5. The lowest BCUT2D eigenvalue weighted by molar-refractivity contribution is -0.131. The Bertz CT molecular complexity index is 1290. The van der Waals surface area contributed by atoms with E-state index in [0.717, 1.165) is 27.0 Å². The Kier molecular flexibility index (Phi) is 5.78. The molecule has 1 aromatic heterocycles. The molecule has 1 fully saturated rings. The molecule has 0 spiro atoms. The molecule has 0 unspecified atom stereocenters. The van der Waals surface area contributed by atoms with Crippen molar-refractivity contribution >= 4 is 54.8 Å². The number of nitrogens with two attached hydrogens (primary N) is 1. The third-order valence-electron chi connectivity index (χ3n) is 5.41. The maximum absolute atomic E-state index is 13.2. The predicted octanol–water partition coefficient (Wildman–Crippen LogP) is 3.26. The number of hydrogen-bond donors (Lipinski definition) is 2. The number of nitrogens with one attached hydrogen (secondary N) is 1. The molecule has 1 aliphatic heterocycles.